The number of nitrogens with one attached hydrogen (secondary N) is 2. The van der Waals surface area contributed by atoms with Crippen molar-refractivity contribution < 1.29 is 27.6 Å². The molecule has 0 aromatic heterocycles. The first-order chi connectivity index (χ1) is 16.1. The lowest BCUT2D eigenvalue weighted by Crippen LogP contribution is -2.51. The van der Waals surface area contributed by atoms with Crippen LogP contribution in [-0.4, -0.2) is 60.2 Å². The molecule has 0 unspecified atom stereocenters. The van der Waals surface area contributed by atoms with Crippen molar-refractivity contribution >= 4 is 23.4 Å². The molecule has 10 heteroatoms. The molecule has 0 bridgehead atoms. The zero-order chi connectivity index (χ0) is 24.7. The lowest BCUT2D eigenvalue weighted by Gasteiger charge is -2.35. The van der Waals surface area contributed by atoms with Gasteiger partial charge in [-0.1, -0.05) is 42.5 Å². The Labute approximate surface area is 195 Å². The van der Waals surface area contributed by atoms with E-state index >= 15 is 0 Å². The normalized spacial score (nSPS) is 15.5. The molecule has 1 atom stereocenters. The molecule has 0 spiro atoms. The average molecular weight is 476 g/mol. The second-order valence-corrected chi connectivity index (χ2v) is 8.12. The van der Waals surface area contributed by atoms with Crippen LogP contribution in [0.25, 0.3) is 0 Å². The second-order valence-electron chi connectivity index (χ2n) is 8.12. The number of alkyl halides is 3. The smallest absolute Gasteiger partial charge is 0.349 e. The van der Waals surface area contributed by atoms with Crippen LogP contribution in [0.15, 0.2) is 54.6 Å². The van der Waals surface area contributed by atoms with Gasteiger partial charge in [0.25, 0.3) is 0 Å². The summed E-state index contributed by atoms with van der Waals surface area (Å²) in [6, 6.07) is 13.6. The van der Waals surface area contributed by atoms with Crippen LogP contribution in [0.2, 0.25) is 0 Å². The molecule has 1 fully saturated rings. The van der Waals surface area contributed by atoms with Gasteiger partial charge in [0.1, 0.15) is 0 Å². The summed E-state index contributed by atoms with van der Waals surface area (Å²) in [6.45, 7) is 2.91. The number of rotatable bonds is 7. The fraction of sp³-hybridized carbons (Fsp3) is 0.375. The standard InChI is InChI=1S/C24H27F3N4O3/c1-17(32)28-21(18-7-3-2-4-8-18)15-23(34)31-13-11-30(12-14-31)16-22(33)29-20-10-6-5-9-19(20)24(25,26)27/h2-10,21H,11-16H2,1H3,(H,28,32)(H,29,33)/t21-/m0/s1. The predicted octanol–water partition coefficient (Wildman–Crippen LogP) is 3.06. The zero-order valence-corrected chi connectivity index (χ0v) is 18.8. The largest absolute Gasteiger partial charge is 0.418 e. The molecule has 2 aromatic carbocycles. The minimum absolute atomic E-state index is 0.0766. The Balaban J connectivity index is 1.51. The molecule has 1 saturated heterocycles. The number of piperazine rings is 1. The molecule has 0 saturated carbocycles. The summed E-state index contributed by atoms with van der Waals surface area (Å²) in [5.41, 5.74) is -0.342. The van der Waals surface area contributed by atoms with Crippen LogP contribution in [0.3, 0.4) is 0 Å². The van der Waals surface area contributed by atoms with E-state index in [-0.39, 0.29) is 30.5 Å². The number of nitrogens with zero attached hydrogens (tertiary/aromatic N) is 2. The first kappa shape index (κ1) is 25.2. The Bertz CT molecular complexity index is 1010. The van der Waals surface area contributed by atoms with E-state index in [1.807, 2.05) is 30.3 Å². The summed E-state index contributed by atoms with van der Waals surface area (Å²) in [5.74, 6) is -0.901. The van der Waals surface area contributed by atoms with Gasteiger partial charge in [0, 0.05) is 33.1 Å². The molecule has 1 heterocycles. The molecule has 2 aromatic rings. The van der Waals surface area contributed by atoms with E-state index in [9.17, 15) is 27.6 Å². The number of carbonyl (C=O) groups excluding carboxylic acids is 3. The van der Waals surface area contributed by atoms with Crippen LogP contribution in [0.1, 0.15) is 30.5 Å². The molecule has 0 aliphatic carbocycles. The quantitative estimate of drug-likeness (QED) is 0.644. The molecular formula is C24H27F3N4O3. The monoisotopic (exact) mass is 476 g/mol. The molecular weight excluding hydrogens is 449 g/mol. The third-order valence-corrected chi connectivity index (χ3v) is 5.56. The third kappa shape index (κ3) is 7.05. The Hall–Kier alpha value is -3.40. The SMILES string of the molecule is CC(=O)N[C@@H](CC(=O)N1CCN(CC(=O)Nc2ccccc2C(F)(F)F)CC1)c1ccccc1. The van der Waals surface area contributed by atoms with Gasteiger partial charge in [0.15, 0.2) is 0 Å². The number of benzene rings is 2. The maximum absolute atomic E-state index is 13.1. The number of halogens is 3. The maximum atomic E-state index is 13.1. The van der Waals surface area contributed by atoms with Gasteiger partial charge in [-0.25, -0.2) is 0 Å². The molecule has 1 aliphatic heterocycles. The van der Waals surface area contributed by atoms with Gasteiger partial charge >= 0.3 is 6.18 Å². The average Bonchev–Trinajstić information content (AvgIpc) is 2.79. The maximum Gasteiger partial charge on any atom is 0.418 e. The molecule has 182 valence electrons. The van der Waals surface area contributed by atoms with Crippen molar-refractivity contribution in [3.05, 3.63) is 65.7 Å². The highest BCUT2D eigenvalue weighted by Crippen LogP contribution is 2.34. The van der Waals surface area contributed by atoms with Gasteiger partial charge in [-0.05, 0) is 17.7 Å². The summed E-state index contributed by atoms with van der Waals surface area (Å²) in [7, 11) is 0. The Morgan fingerprint density at radius 2 is 1.56 bits per heavy atom. The molecule has 7 nitrogen and oxygen atoms in total. The van der Waals surface area contributed by atoms with E-state index < -0.39 is 23.7 Å². The minimum atomic E-state index is -4.56. The first-order valence-electron chi connectivity index (χ1n) is 10.9. The summed E-state index contributed by atoms with van der Waals surface area (Å²) >= 11 is 0. The Kier molecular flexibility index (Phi) is 8.27. The van der Waals surface area contributed by atoms with Gasteiger partial charge in [-0.3, -0.25) is 19.3 Å². The Morgan fingerprint density at radius 3 is 2.18 bits per heavy atom. The van der Waals surface area contributed by atoms with Crippen LogP contribution in [0, 0.1) is 0 Å². The fourth-order valence-electron chi connectivity index (χ4n) is 3.87. The predicted molar refractivity (Wildman–Crippen MR) is 121 cm³/mol. The number of hydrogen-bond donors (Lipinski definition) is 2. The summed E-state index contributed by atoms with van der Waals surface area (Å²) < 4.78 is 39.4. The Morgan fingerprint density at radius 1 is 0.941 bits per heavy atom. The van der Waals surface area contributed by atoms with E-state index in [0.717, 1.165) is 11.6 Å². The molecule has 2 N–H and O–H groups in total. The van der Waals surface area contributed by atoms with E-state index in [2.05, 4.69) is 10.6 Å². The second kappa shape index (κ2) is 11.1. The number of para-hydroxylation sites is 1. The van der Waals surface area contributed by atoms with Gasteiger partial charge in [-0.15, -0.1) is 0 Å². The van der Waals surface area contributed by atoms with Crippen LogP contribution in [0.5, 0.6) is 0 Å². The van der Waals surface area contributed by atoms with Gasteiger partial charge in [0.05, 0.1) is 30.3 Å². The van der Waals surface area contributed by atoms with Crippen molar-refractivity contribution in [1.29, 1.82) is 0 Å². The van der Waals surface area contributed by atoms with E-state index in [4.69, 9.17) is 0 Å². The molecule has 1 aliphatic rings. The highest BCUT2D eigenvalue weighted by atomic mass is 19.4. The number of hydrogen-bond acceptors (Lipinski definition) is 4. The minimum Gasteiger partial charge on any atom is -0.349 e. The van der Waals surface area contributed by atoms with Crippen LogP contribution in [0.4, 0.5) is 18.9 Å². The van der Waals surface area contributed by atoms with Crippen LogP contribution < -0.4 is 10.6 Å². The molecule has 3 amide bonds. The van der Waals surface area contributed by atoms with Gasteiger partial charge in [-0.2, -0.15) is 13.2 Å². The van der Waals surface area contributed by atoms with Crippen molar-refractivity contribution in [1.82, 2.24) is 15.1 Å². The van der Waals surface area contributed by atoms with E-state index in [1.165, 1.54) is 25.1 Å². The highest BCUT2D eigenvalue weighted by Gasteiger charge is 2.33. The summed E-state index contributed by atoms with van der Waals surface area (Å²) in [6.07, 6.45) is -4.46. The van der Waals surface area contributed by atoms with Crippen molar-refractivity contribution in [3.63, 3.8) is 0 Å². The topological polar surface area (TPSA) is 81.8 Å². The van der Waals surface area contributed by atoms with Gasteiger partial charge in [0.2, 0.25) is 17.7 Å². The van der Waals surface area contributed by atoms with E-state index in [0.29, 0.717) is 26.2 Å². The highest BCUT2D eigenvalue weighted by molar-refractivity contribution is 5.93. The fourth-order valence-corrected chi connectivity index (χ4v) is 3.87. The summed E-state index contributed by atoms with van der Waals surface area (Å²) in [4.78, 5) is 40.2. The molecule has 0 radical (unpaired) electrons. The van der Waals surface area contributed by atoms with Crippen LogP contribution in [-0.2, 0) is 20.6 Å². The van der Waals surface area contributed by atoms with Crippen molar-refractivity contribution in [2.24, 2.45) is 0 Å². The molecule has 34 heavy (non-hydrogen) atoms. The number of amides is 3. The van der Waals surface area contributed by atoms with Crippen LogP contribution >= 0.6 is 0 Å². The summed E-state index contributed by atoms with van der Waals surface area (Å²) in [5, 5.41) is 5.15. The van der Waals surface area contributed by atoms with Gasteiger partial charge < -0.3 is 15.5 Å². The lowest BCUT2D eigenvalue weighted by atomic mass is 10.0. The van der Waals surface area contributed by atoms with Crippen molar-refractivity contribution in [3.8, 4) is 0 Å². The first-order valence-corrected chi connectivity index (χ1v) is 10.9. The van der Waals surface area contributed by atoms with Crippen molar-refractivity contribution in [2.45, 2.75) is 25.6 Å². The molecule has 3 rings (SSSR count). The van der Waals surface area contributed by atoms with Crippen molar-refractivity contribution in [2.75, 3.05) is 38.0 Å². The third-order valence-electron chi connectivity index (χ3n) is 5.56. The van der Waals surface area contributed by atoms with E-state index in [1.54, 1.807) is 9.80 Å². The number of carbonyl (C=O) groups is 3. The zero-order valence-electron chi connectivity index (χ0n) is 18.8. The number of anilines is 1. The lowest BCUT2D eigenvalue weighted by molar-refractivity contribution is -0.137.